The van der Waals surface area contributed by atoms with Crippen LogP contribution in [-0.4, -0.2) is 16.2 Å². The zero-order valence-corrected chi connectivity index (χ0v) is 15.8. The number of anilines is 1. The summed E-state index contributed by atoms with van der Waals surface area (Å²) >= 11 is 0. The Morgan fingerprint density at radius 1 is 1.16 bits per heavy atom. The lowest BCUT2D eigenvalue weighted by Crippen LogP contribution is -2.19. The minimum absolute atomic E-state index is 0.504. The number of rotatable bonds is 7. The van der Waals surface area contributed by atoms with Crippen molar-refractivity contribution in [3.8, 4) is 11.5 Å². The van der Waals surface area contributed by atoms with Crippen LogP contribution in [0.3, 0.4) is 0 Å². The van der Waals surface area contributed by atoms with E-state index >= 15 is 0 Å². The zero-order valence-electron chi connectivity index (χ0n) is 15.8. The molecule has 0 radical (unpaired) electrons. The van der Waals surface area contributed by atoms with Crippen LogP contribution >= 0.6 is 0 Å². The fraction of sp³-hybridized carbons (Fsp3) is 0.619. The van der Waals surface area contributed by atoms with Gasteiger partial charge in [-0.25, -0.2) is 0 Å². The van der Waals surface area contributed by atoms with Gasteiger partial charge in [-0.3, -0.25) is 0 Å². The number of nitrogens with zero attached hydrogens (tertiary/aromatic N) is 2. The molecule has 1 aliphatic carbocycles. The van der Waals surface area contributed by atoms with E-state index in [4.69, 9.17) is 4.52 Å². The van der Waals surface area contributed by atoms with Gasteiger partial charge < -0.3 is 9.84 Å². The lowest BCUT2D eigenvalue weighted by molar-refractivity contribution is 0.357. The van der Waals surface area contributed by atoms with E-state index in [-0.39, 0.29) is 0 Å². The van der Waals surface area contributed by atoms with Crippen LogP contribution in [0.15, 0.2) is 22.7 Å². The van der Waals surface area contributed by atoms with Gasteiger partial charge in [0.1, 0.15) is 0 Å². The average molecular weight is 341 g/mol. The molecule has 1 saturated carbocycles. The van der Waals surface area contributed by atoms with Crippen LogP contribution in [0.5, 0.6) is 0 Å². The van der Waals surface area contributed by atoms with Crippen molar-refractivity contribution in [1.82, 2.24) is 10.1 Å². The molecule has 0 unspecified atom stereocenters. The van der Waals surface area contributed by atoms with E-state index in [0.29, 0.717) is 17.8 Å². The molecule has 2 aromatic rings. The summed E-state index contributed by atoms with van der Waals surface area (Å²) in [6.45, 7) is 6.34. The fourth-order valence-electron chi connectivity index (χ4n) is 3.85. The molecule has 3 rings (SSSR count). The Hall–Kier alpha value is -1.84. The summed E-state index contributed by atoms with van der Waals surface area (Å²) in [6, 6.07) is 7.09. The molecule has 1 fully saturated rings. The Labute approximate surface area is 151 Å². The Kier molecular flexibility index (Phi) is 6.11. The highest BCUT2D eigenvalue weighted by molar-refractivity contribution is 5.65. The van der Waals surface area contributed by atoms with E-state index in [0.717, 1.165) is 24.3 Å². The van der Waals surface area contributed by atoms with Gasteiger partial charge >= 0.3 is 0 Å². The maximum atomic E-state index is 5.36. The van der Waals surface area contributed by atoms with E-state index in [1.807, 2.05) is 6.92 Å². The molecule has 1 aromatic carbocycles. The molecule has 1 aromatic heterocycles. The number of aryl methyl sites for hydroxylation is 1. The molecule has 136 valence electrons. The standard InChI is InChI=1S/C21H31N3O/c1-4-19(5-2)23-20-14-18(21-22-15(3)24-25-21)12-11-17(20)13-16-9-7-6-8-10-16/h11-12,14,16,19,23H,4-10,13H2,1-3H3. The molecule has 1 N–H and O–H groups in total. The quantitative estimate of drug-likeness (QED) is 0.694. The van der Waals surface area contributed by atoms with Crippen molar-refractivity contribution < 1.29 is 4.52 Å². The second-order valence-electron chi connectivity index (χ2n) is 7.38. The summed E-state index contributed by atoms with van der Waals surface area (Å²) < 4.78 is 5.36. The maximum absolute atomic E-state index is 5.36. The molecule has 0 aliphatic heterocycles. The molecule has 0 saturated heterocycles. The van der Waals surface area contributed by atoms with Crippen LogP contribution in [0.4, 0.5) is 5.69 Å². The van der Waals surface area contributed by atoms with Gasteiger partial charge in [0.25, 0.3) is 5.89 Å². The fourth-order valence-corrected chi connectivity index (χ4v) is 3.85. The van der Waals surface area contributed by atoms with Crippen molar-refractivity contribution >= 4 is 5.69 Å². The van der Waals surface area contributed by atoms with E-state index in [1.165, 1.54) is 49.8 Å². The number of aromatic nitrogens is 2. The molecule has 25 heavy (non-hydrogen) atoms. The minimum Gasteiger partial charge on any atom is -0.382 e. The van der Waals surface area contributed by atoms with E-state index < -0.39 is 0 Å². The third-order valence-electron chi connectivity index (χ3n) is 5.46. The second kappa shape index (κ2) is 8.50. The molecule has 1 heterocycles. The third kappa shape index (κ3) is 4.62. The van der Waals surface area contributed by atoms with Gasteiger partial charge in [0, 0.05) is 17.3 Å². The van der Waals surface area contributed by atoms with Crippen molar-refractivity contribution in [2.75, 3.05) is 5.32 Å². The van der Waals surface area contributed by atoms with Crippen molar-refractivity contribution in [2.24, 2.45) is 5.92 Å². The predicted molar refractivity (Wildman–Crippen MR) is 103 cm³/mol. The average Bonchev–Trinajstić information content (AvgIpc) is 3.08. The molecule has 0 spiro atoms. The number of benzene rings is 1. The lowest BCUT2D eigenvalue weighted by atomic mass is 9.84. The Balaban J connectivity index is 1.86. The Morgan fingerprint density at radius 3 is 2.56 bits per heavy atom. The van der Waals surface area contributed by atoms with Crippen LogP contribution in [0.1, 0.15) is 70.2 Å². The third-order valence-corrected chi connectivity index (χ3v) is 5.46. The molecule has 0 amide bonds. The summed E-state index contributed by atoms with van der Waals surface area (Å²) in [4.78, 5) is 4.38. The highest BCUT2D eigenvalue weighted by Crippen LogP contribution is 2.32. The smallest absolute Gasteiger partial charge is 0.257 e. The number of nitrogens with one attached hydrogen (secondary N) is 1. The summed E-state index contributed by atoms with van der Waals surface area (Å²) in [6.07, 6.45) is 10.4. The van der Waals surface area contributed by atoms with Crippen LogP contribution in [0.2, 0.25) is 0 Å². The normalized spacial score (nSPS) is 15.7. The zero-order chi connectivity index (χ0) is 17.6. The van der Waals surface area contributed by atoms with Crippen molar-refractivity contribution in [3.05, 3.63) is 29.6 Å². The highest BCUT2D eigenvalue weighted by Gasteiger charge is 2.18. The van der Waals surface area contributed by atoms with Crippen LogP contribution in [-0.2, 0) is 6.42 Å². The minimum atomic E-state index is 0.504. The number of hydrogen-bond acceptors (Lipinski definition) is 4. The highest BCUT2D eigenvalue weighted by atomic mass is 16.5. The monoisotopic (exact) mass is 341 g/mol. The van der Waals surface area contributed by atoms with Crippen LogP contribution in [0.25, 0.3) is 11.5 Å². The van der Waals surface area contributed by atoms with Gasteiger partial charge in [0.2, 0.25) is 0 Å². The topological polar surface area (TPSA) is 51.0 Å². The molecule has 1 aliphatic rings. The van der Waals surface area contributed by atoms with E-state index in [1.54, 1.807) is 0 Å². The summed E-state index contributed by atoms with van der Waals surface area (Å²) in [5.41, 5.74) is 3.67. The molecule has 4 heteroatoms. The molecular weight excluding hydrogens is 310 g/mol. The second-order valence-corrected chi connectivity index (χ2v) is 7.38. The summed E-state index contributed by atoms with van der Waals surface area (Å²) in [7, 11) is 0. The molecular formula is C21H31N3O. The van der Waals surface area contributed by atoms with Gasteiger partial charge in [-0.05, 0) is 49.8 Å². The predicted octanol–water partition coefficient (Wildman–Crippen LogP) is 5.77. The first-order valence-electron chi connectivity index (χ1n) is 9.89. The Bertz CT molecular complexity index is 670. The first-order chi connectivity index (χ1) is 12.2. The van der Waals surface area contributed by atoms with Gasteiger partial charge in [0.15, 0.2) is 5.82 Å². The van der Waals surface area contributed by atoms with Gasteiger partial charge in [0.05, 0.1) is 0 Å². The molecule has 4 nitrogen and oxygen atoms in total. The van der Waals surface area contributed by atoms with Gasteiger partial charge in [-0.15, -0.1) is 0 Å². The van der Waals surface area contributed by atoms with Crippen molar-refractivity contribution in [2.45, 2.75) is 78.2 Å². The first kappa shape index (κ1) is 18.0. The van der Waals surface area contributed by atoms with E-state index in [2.05, 4.69) is 47.5 Å². The van der Waals surface area contributed by atoms with Gasteiger partial charge in [-0.2, -0.15) is 4.98 Å². The maximum Gasteiger partial charge on any atom is 0.257 e. The summed E-state index contributed by atoms with van der Waals surface area (Å²) in [5.74, 6) is 2.11. The molecule has 0 atom stereocenters. The summed E-state index contributed by atoms with van der Waals surface area (Å²) in [5, 5.41) is 7.69. The molecule has 0 bridgehead atoms. The first-order valence-corrected chi connectivity index (χ1v) is 9.89. The van der Waals surface area contributed by atoms with E-state index in [9.17, 15) is 0 Å². The lowest BCUT2D eigenvalue weighted by Gasteiger charge is -2.25. The van der Waals surface area contributed by atoms with Crippen molar-refractivity contribution in [3.63, 3.8) is 0 Å². The van der Waals surface area contributed by atoms with Gasteiger partial charge in [-0.1, -0.05) is 57.2 Å². The number of hydrogen-bond donors (Lipinski definition) is 1. The van der Waals surface area contributed by atoms with Crippen molar-refractivity contribution in [1.29, 1.82) is 0 Å². The van der Waals surface area contributed by atoms with Crippen LogP contribution < -0.4 is 5.32 Å². The van der Waals surface area contributed by atoms with Crippen LogP contribution in [0, 0.1) is 12.8 Å². The Morgan fingerprint density at radius 2 is 1.92 bits per heavy atom. The SMILES string of the molecule is CCC(CC)Nc1cc(-c2nc(C)no2)ccc1CC1CCCCC1. The largest absolute Gasteiger partial charge is 0.382 e.